The highest BCUT2D eigenvalue weighted by Gasteiger charge is 2.19. The van der Waals surface area contributed by atoms with E-state index in [1.54, 1.807) is 12.1 Å². The van der Waals surface area contributed by atoms with Crippen LogP contribution in [-0.2, 0) is 0 Å². The highest BCUT2D eigenvalue weighted by atomic mass is 79.9. The van der Waals surface area contributed by atoms with Gasteiger partial charge in [-0.1, -0.05) is 15.9 Å². The summed E-state index contributed by atoms with van der Waals surface area (Å²) in [6.07, 6.45) is 1.06. The molecule has 1 fully saturated rings. The fourth-order valence-corrected chi connectivity index (χ4v) is 3.11. The van der Waals surface area contributed by atoms with Crippen LogP contribution >= 0.6 is 27.7 Å². The average molecular weight is 315 g/mol. The Morgan fingerprint density at radius 2 is 2.18 bits per heavy atom. The van der Waals surface area contributed by atoms with Crippen LogP contribution in [0.15, 0.2) is 22.7 Å². The molecule has 1 aliphatic heterocycles. The average Bonchev–Trinajstić information content (AvgIpc) is 2.56. The number of hydrogen-bond donors (Lipinski definition) is 1. The van der Waals surface area contributed by atoms with Gasteiger partial charge in [0.2, 0.25) is 0 Å². The molecule has 17 heavy (non-hydrogen) atoms. The van der Waals surface area contributed by atoms with Crippen LogP contribution in [0.25, 0.3) is 0 Å². The maximum absolute atomic E-state index is 12.3. The molecule has 2 rings (SSSR count). The summed E-state index contributed by atoms with van der Waals surface area (Å²) in [7, 11) is 0. The van der Waals surface area contributed by atoms with Crippen molar-refractivity contribution in [3.63, 3.8) is 0 Å². The Morgan fingerprint density at radius 3 is 2.94 bits per heavy atom. The number of nitrogens with zero attached hydrogens (tertiary/aromatic N) is 1. The molecule has 0 saturated carbocycles. The third-order valence-electron chi connectivity index (χ3n) is 2.75. The van der Waals surface area contributed by atoms with Crippen LogP contribution in [0.5, 0.6) is 0 Å². The quantitative estimate of drug-likeness (QED) is 0.810. The van der Waals surface area contributed by atoms with Crippen molar-refractivity contribution >= 4 is 39.3 Å². The number of hydrogen-bond acceptors (Lipinski definition) is 3. The van der Waals surface area contributed by atoms with Gasteiger partial charge in [-0.15, -0.1) is 0 Å². The highest BCUT2D eigenvalue weighted by molar-refractivity contribution is 9.10. The number of halogens is 1. The number of carbonyl (C=O) groups excluding carboxylic acids is 1. The molecule has 0 aromatic heterocycles. The Bertz CT molecular complexity index is 417. The van der Waals surface area contributed by atoms with Gasteiger partial charge in [0.15, 0.2) is 0 Å². The summed E-state index contributed by atoms with van der Waals surface area (Å²) in [5.41, 5.74) is 7.04. The summed E-state index contributed by atoms with van der Waals surface area (Å²) >= 11 is 5.25. The summed E-state index contributed by atoms with van der Waals surface area (Å²) < 4.78 is 0.901. The third-order valence-corrected chi connectivity index (χ3v) is 4.30. The maximum atomic E-state index is 12.3. The lowest BCUT2D eigenvalue weighted by atomic mass is 10.1. The first kappa shape index (κ1) is 12.8. The predicted molar refractivity (Wildman–Crippen MR) is 76.4 cm³/mol. The van der Waals surface area contributed by atoms with Gasteiger partial charge < -0.3 is 10.6 Å². The van der Waals surface area contributed by atoms with E-state index in [-0.39, 0.29) is 5.91 Å². The maximum Gasteiger partial charge on any atom is 0.255 e. The lowest BCUT2D eigenvalue weighted by Crippen LogP contribution is -2.33. The molecule has 1 aliphatic rings. The molecular formula is C12H15BrN2OS. The fraction of sp³-hybridized carbons (Fsp3) is 0.417. The molecule has 1 saturated heterocycles. The van der Waals surface area contributed by atoms with Gasteiger partial charge in [0.1, 0.15) is 0 Å². The topological polar surface area (TPSA) is 46.3 Å². The minimum Gasteiger partial charge on any atom is -0.398 e. The van der Waals surface area contributed by atoms with Crippen molar-refractivity contribution in [1.82, 2.24) is 4.90 Å². The number of anilines is 1. The zero-order chi connectivity index (χ0) is 12.3. The Balaban J connectivity index is 2.17. The van der Waals surface area contributed by atoms with Crippen molar-refractivity contribution in [2.24, 2.45) is 0 Å². The normalized spacial score (nSPS) is 16.6. The van der Waals surface area contributed by atoms with E-state index in [0.29, 0.717) is 11.3 Å². The molecule has 0 bridgehead atoms. The molecule has 1 aromatic rings. The zero-order valence-corrected chi connectivity index (χ0v) is 11.9. The van der Waals surface area contributed by atoms with Crippen LogP contribution in [0.3, 0.4) is 0 Å². The second-order valence-electron chi connectivity index (χ2n) is 3.99. The second kappa shape index (κ2) is 5.78. The van der Waals surface area contributed by atoms with E-state index in [1.165, 1.54) is 0 Å². The van der Waals surface area contributed by atoms with Crippen LogP contribution in [0.4, 0.5) is 5.69 Å². The summed E-state index contributed by atoms with van der Waals surface area (Å²) in [6, 6.07) is 5.43. The van der Waals surface area contributed by atoms with E-state index >= 15 is 0 Å². The Kier molecular flexibility index (Phi) is 4.34. The number of thioether (sulfide) groups is 1. The highest BCUT2D eigenvalue weighted by Crippen LogP contribution is 2.21. The number of rotatable bonds is 1. The summed E-state index contributed by atoms with van der Waals surface area (Å²) in [4.78, 5) is 14.2. The number of nitrogen functional groups attached to an aromatic ring is 1. The molecule has 1 aromatic carbocycles. The first-order chi connectivity index (χ1) is 8.18. The van der Waals surface area contributed by atoms with E-state index in [2.05, 4.69) is 15.9 Å². The molecule has 1 amide bonds. The molecule has 0 unspecified atom stereocenters. The first-order valence-corrected chi connectivity index (χ1v) is 7.55. The molecule has 2 N–H and O–H groups in total. The van der Waals surface area contributed by atoms with Crippen LogP contribution in [0, 0.1) is 0 Å². The largest absolute Gasteiger partial charge is 0.398 e. The fourth-order valence-electron chi connectivity index (χ4n) is 1.85. The number of benzene rings is 1. The van der Waals surface area contributed by atoms with E-state index in [0.717, 1.165) is 35.5 Å². The SMILES string of the molecule is Nc1cc(Br)ccc1C(=O)N1CCCSCC1. The van der Waals surface area contributed by atoms with Gasteiger partial charge in [0, 0.05) is 29.0 Å². The Morgan fingerprint density at radius 1 is 1.35 bits per heavy atom. The Hall–Kier alpha value is -0.680. The molecule has 5 heteroatoms. The van der Waals surface area contributed by atoms with Crippen molar-refractivity contribution in [2.75, 3.05) is 30.3 Å². The molecule has 1 heterocycles. The third kappa shape index (κ3) is 3.16. The van der Waals surface area contributed by atoms with Crippen LogP contribution in [0.1, 0.15) is 16.8 Å². The molecule has 0 aliphatic carbocycles. The molecule has 3 nitrogen and oxygen atoms in total. The minimum atomic E-state index is 0.0532. The number of amides is 1. The van der Waals surface area contributed by atoms with Crippen molar-refractivity contribution in [1.29, 1.82) is 0 Å². The molecule has 0 spiro atoms. The van der Waals surface area contributed by atoms with Gasteiger partial charge in [-0.25, -0.2) is 0 Å². The van der Waals surface area contributed by atoms with Gasteiger partial charge in [0.25, 0.3) is 5.91 Å². The minimum absolute atomic E-state index is 0.0532. The molecular weight excluding hydrogens is 300 g/mol. The van der Waals surface area contributed by atoms with Crippen molar-refractivity contribution < 1.29 is 4.79 Å². The van der Waals surface area contributed by atoms with Gasteiger partial charge in [-0.3, -0.25) is 4.79 Å². The van der Waals surface area contributed by atoms with Gasteiger partial charge in [-0.05, 0) is 30.4 Å². The Labute approximate surface area is 114 Å². The smallest absolute Gasteiger partial charge is 0.255 e. The summed E-state index contributed by atoms with van der Waals surface area (Å²) in [6.45, 7) is 1.65. The van der Waals surface area contributed by atoms with Crippen molar-refractivity contribution in [3.05, 3.63) is 28.2 Å². The van der Waals surface area contributed by atoms with Gasteiger partial charge >= 0.3 is 0 Å². The number of nitrogens with two attached hydrogens (primary N) is 1. The van der Waals surface area contributed by atoms with Crippen molar-refractivity contribution in [3.8, 4) is 0 Å². The monoisotopic (exact) mass is 314 g/mol. The second-order valence-corrected chi connectivity index (χ2v) is 6.13. The number of carbonyl (C=O) groups is 1. The zero-order valence-electron chi connectivity index (χ0n) is 9.49. The van der Waals surface area contributed by atoms with Crippen molar-refractivity contribution in [2.45, 2.75) is 6.42 Å². The standard InChI is InChI=1S/C12H15BrN2OS/c13-9-2-3-10(11(14)8-9)12(16)15-4-1-6-17-7-5-15/h2-3,8H,1,4-7,14H2. The van der Waals surface area contributed by atoms with Crippen LogP contribution in [0.2, 0.25) is 0 Å². The van der Waals surface area contributed by atoms with Crippen LogP contribution in [-0.4, -0.2) is 35.4 Å². The summed E-state index contributed by atoms with van der Waals surface area (Å²) in [5, 5.41) is 0. The van der Waals surface area contributed by atoms with E-state index in [1.807, 2.05) is 22.7 Å². The lowest BCUT2D eigenvalue weighted by molar-refractivity contribution is 0.0769. The van der Waals surface area contributed by atoms with E-state index in [4.69, 9.17) is 5.73 Å². The van der Waals surface area contributed by atoms with Gasteiger partial charge in [-0.2, -0.15) is 11.8 Å². The summed E-state index contributed by atoms with van der Waals surface area (Å²) in [5.74, 6) is 2.21. The van der Waals surface area contributed by atoms with Crippen LogP contribution < -0.4 is 5.73 Å². The molecule has 0 radical (unpaired) electrons. The van der Waals surface area contributed by atoms with Gasteiger partial charge in [0.05, 0.1) is 5.56 Å². The first-order valence-electron chi connectivity index (χ1n) is 5.60. The van der Waals surface area contributed by atoms with E-state index < -0.39 is 0 Å². The predicted octanol–water partition coefficient (Wildman–Crippen LogP) is 2.61. The van der Waals surface area contributed by atoms with E-state index in [9.17, 15) is 4.79 Å². The lowest BCUT2D eigenvalue weighted by Gasteiger charge is -2.20. The molecule has 92 valence electrons. The molecule has 0 atom stereocenters.